The minimum Gasteiger partial charge on any atom is -0.456 e. The Labute approximate surface area is 474 Å². The normalized spacial score (nSPS) is 14.0. The van der Waals surface area contributed by atoms with E-state index in [2.05, 4.69) is 290 Å². The highest BCUT2D eigenvalue weighted by Crippen LogP contribution is 2.66. The Kier molecular flexibility index (Phi) is 8.69. The van der Waals surface area contributed by atoms with E-state index in [-0.39, 0.29) is 0 Å². The number of furan rings is 1. The van der Waals surface area contributed by atoms with Gasteiger partial charge in [-0.05, 0) is 170 Å². The molecule has 0 amide bonds. The molecule has 19 rings (SSSR count). The van der Waals surface area contributed by atoms with E-state index in [0.29, 0.717) is 0 Å². The quantitative estimate of drug-likeness (QED) is 0.163. The van der Waals surface area contributed by atoms with Crippen LogP contribution >= 0.6 is 0 Å². The molecule has 2 nitrogen and oxygen atoms in total. The molecular weight excluding hydrogens is 991 g/mol. The van der Waals surface area contributed by atoms with Gasteiger partial charge in [0, 0.05) is 33.1 Å². The van der Waals surface area contributed by atoms with Crippen molar-refractivity contribution in [2.45, 2.75) is 10.8 Å². The van der Waals surface area contributed by atoms with Crippen LogP contribution in [0.1, 0.15) is 44.5 Å². The Morgan fingerprint density at radius 3 is 1.06 bits per heavy atom. The molecule has 0 N–H and O–H groups in total. The molecule has 0 unspecified atom stereocenters. The van der Waals surface area contributed by atoms with E-state index in [4.69, 9.17) is 4.42 Å². The lowest BCUT2D eigenvalue weighted by atomic mass is 9.70. The van der Waals surface area contributed by atoms with Crippen LogP contribution in [-0.4, -0.2) is 0 Å². The number of rotatable bonds is 4. The molecular formula is C80H47NO. The Balaban J connectivity index is 0.914. The first-order chi connectivity index (χ1) is 40.7. The molecule has 0 saturated carbocycles. The van der Waals surface area contributed by atoms with Gasteiger partial charge in [-0.15, -0.1) is 0 Å². The monoisotopic (exact) mass is 1040 g/mol. The SMILES string of the molecule is c1ccc(N(c2ccc3c(c2)C2(c4ccccc4-c4ccccc42)c2ccccc2-3)c2ccc3c(c2)C2(c4ccccc4-c4ccccc42)c2ccccc2-3)c(-c2cccc3c4ccc5oc6ccccc6c5c4c4ccccc4c23)c1. The predicted octanol–water partition coefficient (Wildman–Crippen LogP) is 20.9. The highest BCUT2D eigenvalue weighted by Gasteiger charge is 2.53. The molecule has 14 aromatic carbocycles. The molecule has 2 heteroatoms. The topological polar surface area (TPSA) is 16.4 Å². The number of benzene rings is 14. The molecule has 0 radical (unpaired) electrons. The van der Waals surface area contributed by atoms with Gasteiger partial charge in [-0.3, -0.25) is 0 Å². The van der Waals surface area contributed by atoms with Gasteiger partial charge in [-0.1, -0.05) is 237 Å². The average molecular weight is 1040 g/mol. The zero-order chi connectivity index (χ0) is 53.4. The van der Waals surface area contributed by atoms with E-state index in [1.807, 2.05) is 0 Å². The van der Waals surface area contributed by atoms with Gasteiger partial charge in [0.2, 0.25) is 0 Å². The van der Waals surface area contributed by atoms with Crippen LogP contribution in [0.3, 0.4) is 0 Å². The number of anilines is 3. The van der Waals surface area contributed by atoms with Crippen LogP contribution in [0.25, 0.3) is 110 Å². The molecule has 0 aliphatic heterocycles. The van der Waals surface area contributed by atoms with E-state index >= 15 is 0 Å². The first-order valence-corrected chi connectivity index (χ1v) is 28.7. The lowest BCUT2D eigenvalue weighted by Gasteiger charge is -2.34. The Bertz CT molecular complexity index is 4970. The van der Waals surface area contributed by atoms with Gasteiger partial charge >= 0.3 is 0 Å². The largest absolute Gasteiger partial charge is 0.456 e. The average Bonchev–Trinajstić information content (AvgIpc) is 1.63. The van der Waals surface area contributed by atoms with Crippen molar-refractivity contribution in [3.63, 3.8) is 0 Å². The molecule has 82 heavy (non-hydrogen) atoms. The molecule has 15 aromatic rings. The van der Waals surface area contributed by atoms with Crippen LogP contribution in [0.2, 0.25) is 0 Å². The molecule has 2 spiro atoms. The number of para-hydroxylation sites is 2. The Morgan fingerprint density at radius 1 is 0.220 bits per heavy atom. The van der Waals surface area contributed by atoms with Crippen molar-refractivity contribution in [3.05, 3.63) is 330 Å². The molecule has 1 heterocycles. The molecule has 4 aliphatic rings. The summed E-state index contributed by atoms with van der Waals surface area (Å²) in [4.78, 5) is 2.59. The number of hydrogen-bond acceptors (Lipinski definition) is 2. The fourth-order valence-corrected chi connectivity index (χ4v) is 16.3. The minimum absolute atomic E-state index is 0.525. The lowest BCUT2D eigenvalue weighted by Crippen LogP contribution is -2.26. The Hall–Kier alpha value is -10.5. The third-order valence-corrected chi connectivity index (χ3v) is 19.3. The second-order valence-corrected chi connectivity index (χ2v) is 22.8. The van der Waals surface area contributed by atoms with E-state index in [1.54, 1.807) is 0 Å². The molecule has 0 bridgehead atoms. The summed E-state index contributed by atoms with van der Waals surface area (Å²) in [7, 11) is 0. The van der Waals surface area contributed by atoms with Crippen LogP contribution in [0, 0.1) is 0 Å². The van der Waals surface area contributed by atoms with Crippen molar-refractivity contribution in [2.24, 2.45) is 0 Å². The van der Waals surface area contributed by atoms with Gasteiger partial charge < -0.3 is 9.32 Å². The maximum atomic E-state index is 6.56. The summed E-state index contributed by atoms with van der Waals surface area (Å²) >= 11 is 0. The van der Waals surface area contributed by atoms with E-state index < -0.39 is 10.8 Å². The van der Waals surface area contributed by atoms with Crippen molar-refractivity contribution in [3.8, 4) is 55.6 Å². The van der Waals surface area contributed by atoms with Gasteiger partial charge in [0.25, 0.3) is 0 Å². The van der Waals surface area contributed by atoms with Crippen molar-refractivity contribution in [1.29, 1.82) is 0 Å². The number of hydrogen-bond donors (Lipinski definition) is 0. The van der Waals surface area contributed by atoms with Crippen molar-refractivity contribution >= 4 is 71.3 Å². The zero-order valence-electron chi connectivity index (χ0n) is 44.5. The van der Waals surface area contributed by atoms with Gasteiger partial charge in [0.15, 0.2) is 0 Å². The lowest BCUT2D eigenvalue weighted by molar-refractivity contribution is 0.669. The third kappa shape index (κ3) is 5.40. The summed E-state index contributed by atoms with van der Waals surface area (Å²) in [6, 6.07) is 108. The number of nitrogens with zero attached hydrogens (tertiary/aromatic N) is 1. The third-order valence-electron chi connectivity index (χ3n) is 19.3. The van der Waals surface area contributed by atoms with Crippen molar-refractivity contribution < 1.29 is 4.42 Å². The predicted molar refractivity (Wildman–Crippen MR) is 339 cm³/mol. The first-order valence-electron chi connectivity index (χ1n) is 28.7. The van der Waals surface area contributed by atoms with Crippen molar-refractivity contribution in [2.75, 3.05) is 4.90 Å². The van der Waals surface area contributed by atoms with E-state index in [1.165, 1.54) is 127 Å². The zero-order valence-corrected chi connectivity index (χ0v) is 44.5. The maximum absolute atomic E-state index is 6.56. The summed E-state index contributed by atoms with van der Waals surface area (Å²) in [6.45, 7) is 0. The summed E-state index contributed by atoms with van der Waals surface area (Å²) < 4.78 is 6.56. The van der Waals surface area contributed by atoms with E-state index in [0.717, 1.165) is 44.6 Å². The van der Waals surface area contributed by atoms with Gasteiger partial charge in [-0.25, -0.2) is 0 Å². The summed E-state index contributed by atoms with van der Waals surface area (Å²) in [5, 5.41) is 9.61. The van der Waals surface area contributed by atoms with Crippen LogP contribution in [0.4, 0.5) is 17.1 Å². The molecule has 0 saturated heterocycles. The Morgan fingerprint density at radius 2 is 0.573 bits per heavy atom. The maximum Gasteiger partial charge on any atom is 0.136 e. The van der Waals surface area contributed by atoms with E-state index in [9.17, 15) is 0 Å². The molecule has 4 aliphatic carbocycles. The highest BCUT2D eigenvalue weighted by molar-refractivity contribution is 6.36. The van der Waals surface area contributed by atoms with Gasteiger partial charge in [0.05, 0.1) is 16.5 Å². The van der Waals surface area contributed by atoms with Crippen LogP contribution in [0.15, 0.2) is 290 Å². The summed E-state index contributed by atoms with van der Waals surface area (Å²) in [5.74, 6) is 0. The standard InChI is InChI=1S/C80H47NO/c1-2-28-62-60(27-1)76-59(30-19-31-61(76)63-44-45-75-78(77(62)63)64-29-10-18-39-74(64)82-75)58-26-9-17-38-73(58)81(48-40-42-56-54-24-7-15-36-69(54)79(71(56)46-48)65-32-11-3-20-50(65)51-21-4-12-33-66(51)79)49-41-43-57-55-25-8-16-37-70(55)80(72(57)47-49)67-34-13-5-22-52(67)53-23-6-14-35-68(53)80/h1-47H. The molecule has 0 atom stereocenters. The molecule has 0 fully saturated rings. The van der Waals surface area contributed by atoms with Crippen LogP contribution in [0.5, 0.6) is 0 Å². The fourth-order valence-electron chi connectivity index (χ4n) is 16.3. The highest BCUT2D eigenvalue weighted by atomic mass is 16.3. The van der Waals surface area contributed by atoms with Gasteiger partial charge in [-0.2, -0.15) is 0 Å². The van der Waals surface area contributed by atoms with Gasteiger partial charge in [0.1, 0.15) is 11.2 Å². The minimum atomic E-state index is -0.525. The molecule has 378 valence electrons. The number of fused-ring (bicyclic) bond motifs is 30. The van der Waals surface area contributed by atoms with Crippen LogP contribution < -0.4 is 4.90 Å². The summed E-state index contributed by atoms with van der Waals surface area (Å²) in [5.41, 5.74) is 27.3. The summed E-state index contributed by atoms with van der Waals surface area (Å²) in [6.07, 6.45) is 0. The fraction of sp³-hybridized carbons (Fsp3) is 0.0250. The first kappa shape index (κ1) is 44.3. The van der Waals surface area contributed by atoms with Crippen molar-refractivity contribution in [1.82, 2.24) is 0 Å². The van der Waals surface area contributed by atoms with Crippen LogP contribution in [-0.2, 0) is 10.8 Å². The second kappa shape index (κ2) is 16.1. The second-order valence-electron chi connectivity index (χ2n) is 22.8. The smallest absolute Gasteiger partial charge is 0.136 e. The molecule has 1 aromatic heterocycles.